The molecule has 0 aliphatic heterocycles. The van der Waals surface area contributed by atoms with E-state index in [0.29, 0.717) is 13.2 Å². The predicted molar refractivity (Wildman–Crippen MR) is 97.6 cm³/mol. The first kappa shape index (κ1) is 17.6. The number of carbonyl (C=O) groups excluding carboxylic acids is 1. The number of carbonyl (C=O) groups is 1. The number of aryl methyl sites for hydroxylation is 2. The van der Waals surface area contributed by atoms with E-state index < -0.39 is 0 Å². The summed E-state index contributed by atoms with van der Waals surface area (Å²) in [5.74, 6) is 0.749. The number of nitrogens with one attached hydrogen (secondary N) is 2. The van der Waals surface area contributed by atoms with Crippen molar-refractivity contribution in [3.63, 3.8) is 0 Å². The van der Waals surface area contributed by atoms with Crippen LogP contribution in [0.2, 0.25) is 5.02 Å². The van der Waals surface area contributed by atoms with E-state index >= 15 is 0 Å². The molecule has 2 N–H and O–H groups in total. The van der Waals surface area contributed by atoms with Crippen molar-refractivity contribution < 1.29 is 9.53 Å². The van der Waals surface area contributed by atoms with Crippen LogP contribution in [0.3, 0.4) is 0 Å². The van der Waals surface area contributed by atoms with Crippen molar-refractivity contribution in [2.24, 2.45) is 0 Å². The monoisotopic (exact) mass is 396 g/mol. The van der Waals surface area contributed by atoms with Crippen LogP contribution >= 0.6 is 27.5 Å². The van der Waals surface area contributed by atoms with Crippen molar-refractivity contribution in [3.8, 4) is 5.75 Å². The standard InChI is InChI=1S/C17H18BrClN2O2/c1-11-8-15(9-12(2)16(11)19)23-7-6-20-17(22)21-14-5-3-4-13(18)10-14/h3-5,8-10H,6-7H2,1-2H3,(H2,20,21,22). The molecule has 0 radical (unpaired) electrons. The molecule has 0 saturated carbocycles. The van der Waals surface area contributed by atoms with Gasteiger partial charge in [-0.1, -0.05) is 33.6 Å². The topological polar surface area (TPSA) is 50.4 Å². The molecule has 0 aliphatic rings. The molecular formula is C17H18BrClN2O2. The molecule has 2 rings (SSSR count). The summed E-state index contributed by atoms with van der Waals surface area (Å²) in [7, 11) is 0. The highest BCUT2D eigenvalue weighted by Crippen LogP contribution is 2.25. The Bertz CT molecular complexity index is 684. The Kier molecular flexibility index (Phi) is 6.30. The Labute approximate surface area is 149 Å². The Balaban J connectivity index is 1.76. The summed E-state index contributed by atoms with van der Waals surface area (Å²) in [6.07, 6.45) is 0. The second-order valence-electron chi connectivity index (χ2n) is 5.11. The molecule has 0 unspecified atom stereocenters. The summed E-state index contributed by atoms with van der Waals surface area (Å²) in [6, 6.07) is 10.9. The van der Waals surface area contributed by atoms with Gasteiger partial charge in [-0.3, -0.25) is 0 Å². The quantitative estimate of drug-likeness (QED) is 0.704. The van der Waals surface area contributed by atoms with Gasteiger partial charge in [-0.15, -0.1) is 0 Å². The van der Waals surface area contributed by atoms with Gasteiger partial charge < -0.3 is 15.4 Å². The van der Waals surface area contributed by atoms with Crippen LogP contribution < -0.4 is 15.4 Å². The van der Waals surface area contributed by atoms with E-state index in [-0.39, 0.29) is 6.03 Å². The number of ether oxygens (including phenoxy) is 1. The van der Waals surface area contributed by atoms with Gasteiger partial charge in [0.25, 0.3) is 0 Å². The van der Waals surface area contributed by atoms with Gasteiger partial charge in [0, 0.05) is 15.2 Å². The molecule has 0 heterocycles. The minimum Gasteiger partial charge on any atom is -0.492 e. The Morgan fingerprint density at radius 2 is 1.91 bits per heavy atom. The van der Waals surface area contributed by atoms with E-state index in [1.165, 1.54) is 0 Å². The first-order valence-corrected chi connectivity index (χ1v) is 8.33. The van der Waals surface area contributed by atoms with Crippen molar-refractivity contribution in [1.29, 1.82) is 0 Å². The highest BCUT2D eigenvalue weighted by atomic mass is 79.9. The molecule has 2 aromatic carbocycles. The van der Waals surface area contributed by atoms with Gasteiger partial charge in [0.2, 0.25) is 0 Å². The fourth-order valence-electron chi connectivity index (χ4n) is 2.06. The zero-order valence-electron chi connectivity index (χ0n) is 13.0. The maximum absolute atomic E-state index is 11.8. The third-order valence-corrected chi connectivity index (χ3v) is 4.24. The number of benzene rings is 2. The molecule has 2 amide bonds. The molecule has 2 aromatic rings. The maximum atomic E-state index is 11.8. The Hall–Kier alpha value is -1.72. The van der Waals surface area contributed by atoms with E-state index in [4.69, 9.17) is 16.3 Å². The van der Waals surface area contributed by atoms with E-state index in [0.717, 1.165) is 32.1 Å². The maximum Gasteiger partial charge on any atom is 0.319 e. The van der Waals surface area contributed by atoms with E-state index in [2.05, 4.69) is 26.6 Å². The highest BCUT2D eigenvalue weighted by Gasteiger charge is 2.04. The van der Waals surface area contributed by atoms with Crippen molar-refractivity contribution in [2.75, 3.05) is 18.5 Å². The fraction of sp³-hybridized carbons (Fsp3) is 0.235. The molecule has 0 aromatic heterocycles. The lowest BCUT2D eigenvalue weighted by molar-refractivity contribution is 0.247. The molecular weight excluding hydrogens is 380 g/mol. The van der Waals surface area contributed by atoms with Crippen LogP contribution in [-0.4, -0.2) is 19.2 Å². The summed E-state index contributed by atoms with van der Waals surface area (Å²) in [5, 5.41) is 6.25. The van der Waals surface area contributed by atoms with Crippen LogP contribution in [-0.2, 0) is 0 Å². The van der Waals surface area contributed by atoms with Crippen LogP contribution in [0.15, 0.2) is 40.9 Å². The zero-order valence-corrected chi connectivity index (χ0v) is 15.3. The van der Waals surface area contributed by atoms with E-state index in [9.17, 15) is 4.79 Å². The van der Waals surface area contributed by atoms with Crippen LogP contribution in [0.1, 0.15) is 11.1 Å². The van der Waals surface area contributed by atoms with Gasteiger partial charge in [-0.05, 0) is 55.3 Å². The fourth-order valence-corrected chi connectivity index (χ4v) is 2.57. The smallest absolute Gasteiger partial charge is 0.319 e. The minimum atomic E-state index is -0.268. The summed E-state index contributed by atoms with van der Waals surface area (Å²) in [6.45, 7) is 4.66. The number of urea groups is 1. The lowest BCUT2D eigenvalue weighted by Gasteiger charge is -2.11. The van der Waals surface area contributed by atoms with Crippen molar-refractivity contribution in [3.05, 3.63) is 57.0 Å². The van der Waals surface area contributed by atoms with Crippen LogP contribution in [0.4, 0.5) is 10.5 Å². The first-order chi connectivity index (χ1) is 11.0. The number of hydrogen-bond donors (Lipinski definition) is 2. The van der Waals surface area contributed by atoms with Crippen molar-refractivity contribution >= 4 is 39.2 Å². The lowest BCUT2D eigenvalue weighted by atomic mass is 10.1. The summed E-state index contributed by atoms with van der Waals surface area (Å²) in [4.78, 5) is 11.8. The van der Waals surface area contributed by atoms with Gasteiger partial charge in [0.1, 0.15) is 12.4 Å². The zero-order chi connectivity index (χ0) is 16.8. The number of anilines is 1. The predicted octanol–water partition coefficient (Wildman–Crippen LogP) is 4.92. The molecule has 0 spiro atoms. The first-order valence-electron chi connectivity index (χ1n) is 7.15. The molecule has 0 atom stereocenters. The largest absolute Gasteiger partial charge is 0.492 e. The Morgan fingerprint density at radius 3 is 2.57 bits per heavy atom. The SMILES string of the molecule is Cc1cc(OCCNC(=O)Nc2cccc(Br)c2)cc(C)c1Cl. The molecule has 122 valence electrons. The number of halogens is 2. The van der Waals surface area contributed by atoms with Gasteiger partial charge >= 0.3 is 6.03 Å². The third kappa shape index (κ3) is 5.44. The van der Waals surface area contributed by atoms with Gasteiger partial charge in [0.15, 0.2) is 0 Å². The molecule has 0 saturated heterocycles. The normalized spacial score (nSPS) is 10.3. The van der Waals surface area contributed by atoms with E-state index in [1.54, 1.807) is 0 Å². The summed E-state index contributed by atoms with van der Waals surface area (Å²) in [5.41, 5.74) is 2.67. The molecule has 6 heteroatoms. The van der Waals surface area contributed by atoms with Crippen LogP contribution in [0.5, 0.6) is 5.75 Å². The van der Waals surface area contributed by atoms with Gasteiger partial charge in [-0.2, -0.15) is 0 Å². The van der Waals surface area contributed by atoms with Crippen LogP contribution in [0.25, 0.3) is 0 Å². The number of amides is 2. The lowest BCUT2D eigenvalue weighted by Crippen LogP contribution is -2.32. The minimum absolute atomic E-state index is 0.268. The average molecular weight is 398 g/mol. The molecule has 0 aliphatic carbocycles. The molecule has 4 nitrogen and oxygen atoms in total. The molecule has 23 heavy (non-hydrogen) atoms. The second-order valence-corrected chi connectivity index (χ2v) is 6.40. The molecule has 0 bridgehead atoms. The van der Waals surface area contributed by atoms with Crippen molar-refractivity contribution in [1.82, 2.24) is 5.32 Å². The Morgan fingerprint density at radius 1 is 1.22 bits per heavy atom. The average Bonchev–Trinajstić information content (AvgIpc) is 2.49. The number of hydrogen-bond acceptors (Lipinski definition) is 2. The summed E-state index contributed by atoms with van der Waals surface area (Å²) < 4.78 is 6.54. The highest BCUT2D eigenvalue weighted by molar-refractivity contribution is 9.10. The second kappa shape index (κ2) is 8.22. The summed E-state index contributed by atoms with van der Waals surface area (Å²) >= 11 is 9.47. The third-order valence-electron chi connectivity index (χ3n) is 3.15. The number of rotatable bonds is 5. The van der Waals surface area contributed by atoms with E-state index in [1.807, 2.05) is 50.2 Å². The molecule has 0 fully saturated rings. The van der Waals surface area contributed by atoms with Crippen LogP contribution in [0, 0.1) is 13.8 Å². The van der Waals surface area contributed by atoms with Crippen molar-refractivity contribution in [2.45, 2.75) is 13.8 Å². The van der Waals surface area contributed by atoms with Gasteiger partial charge in [0.05, 0.1) is 6.54 Å². The van der Waals surface area contributed by atoms with Gasteiger partial charge in [-0.25, -0.2) is 4.79 Å².